The summed E-state index contributed by atoms with van der Waals surface area (Å²) in [4.78, 5) is 16.9. The van der Waals surface area contributed by atoms with Gasteiger partial charge in [0.2, 0.25) is 5.91 Å². The first-order valence-electron chi connectivity index (χ1n) is 10.1. The molecule has 0 bridgehead atoms. The number of nitrogens with zero attached hydrogens (tertiary/aromatic N) is 4. The van der Waals surface area contributed by atoms with E-state index in [-0.39, 0.29) is 18.3 Å². The van der Waals surface area contributed by atoms with Crippen LogP contribution < -0.4 is 10.1 Å². The van der Waals surface area contributed by atoms with Crippen molar-refractivity contribution in [1.29, 1.82) is 0 Å². The van der Waals surface area contributed by atoms with E-state index in [1.54, 1.807) is 30.3 Å². The molecule has 0 fully saturated rings. The third-order valence-electron chi connectivity index (χ3n) is 4.58. The molecule has 0 atom stereocenters. The van der Waals surface area contributed by atoms with E-state index in [4.69, 9.17) is 39.5 Å². The van der Waals surface area contributed by atoms with E-state index < -0.39 is 0 Å². The smallest absolute Gasteiger partial charge is 0.236 e. The van der Waals surface area contributed by atoms with E-state index in [1.807, 2.05) is 29.0 Å². The number of hydrogen-bond acceptors (Lipinski definition) is 7. The van der Waals surface area contributed by atoms with E-state index in [1.165, 1.54) is 23.1 Å². The molecule has 2 aromatic heterocycles. The van der Waals surface area contributed by atoms with Crippen molar-refractivity contribution in [3.63, 3.8) is 0 Å². The van der Waals surface area contributed by atoms with Gasteiger partial charge in [-0.3, -0.25) is 4.79 Å². The second kappa shape index (κ2) is 11.4. The van der Waals surface area contributed by atoms with Crippen LogP contribution in [0.1, 0.15) is 12.7 Å². The number of anilines is 1. The first-order chi connectivity index (χ1) is 16.4. The SMILES string of the molecule is CCn1c(COc2cc(Cl)ccc2Cl)nnc1SCC(=O)Nc1nc(-c2ccc(Cl)cc2)cs1. The molecule has 1 N–H and O–H groups in total. The molecule has 0 aliphatic rings. The van der Waals surface area contributed by atoms with Crippen molar-refractivity contribution >= 4 is 68.9 Å². The number of thiazole rings is 1. The minimum absolute atomic E-state index is 0.162. The number of benzene rings is 2. The largest absolute Gasteiger partial charge is 0.484 e. The van der Waals surface area contributed by atoms with Gasteiger partial charge in [0.1, 0.15) is 12.4 Å². The van der Waals surface area contributed by atoms with Crippen LogP contribution in [-0.2, 0) is 17.9 Å². The lowest BCUT2D eigenvalue weighted by atomic mass is 10.2. The lowest BCUT2D eigenvalue weighted by Crippen LogP contribution is -2.14. The first kappa shape index (κ1) is 24.8. The molecule has 0 spiro atoms. The number of halogens is 3. The molecule has 0 aliphatic heterocycles. The monoisotopic (exact) mass is 553 g/mol. The number of carbonyl (C=O) groups excluding carboxylic acids is 1. The summed E-state index contributed by atoms with van der Waals surface area (Å²) in [7, 11) is 0. The highest BCUT2D eigenvalue weighted by Gasteiger charge is 2.15. The van der Waals surface area contributed by atoms with Gasteiger partial charge in [-0.05, 0) is 31.2 Å². The fourth-order valence-electron chi connectivity index (χ4n) is 2.95. The van der Waals surface area contributed by atoms with Crippen molar-refractivity contribution in [2.45, 2.75) is 25.2 Å². The van der Waals surface area contributed by atoms with Crippen LogP contribution in [0.25, 0.3) is 11.3 Å². The molecule has 2 aromatic carbocycles. The van der Waals surface area contributed by atoms with Gasteiger partial charge < -0.3 is 14.6 Å². The zero-order chi connectivity index (χ0) is 24.1. The summed E-state index contributed by atoms with van der Waals surface area (Å²) in [5.41, 5.74) is 1.71. The molecule has 176 valence electrons. The maximum atomic E-state index is 12.5. The third-order valence-corrected chi connectivity index (χ3v) is 7.11. The van der Waals surface area contributed by atoms with Gasteiger partial charge in [-0.15, -0.1) is 21.5 Å². The first-order valence-corrected chi connectivity index (χ1v) is 13.1. The van der Waals surface area contributed by atoms with E-state index in [0.29, 0.717) is 43.5 Å². The molecule has 4 aromatic rings. The predicted molar refractivity (Wildman–Crippen MR) is 138 cm³/mol. The average Bonchev–Trinajstić information content (AvgIpc) is 3.45. The molecule has 1 amide bonds. The van der Waals surface area contributed by atoms with Crippen LogP contribution in [0.15, 0.2) is 53.0 Å². The molecule has 0 unspecified atom stereocenters. The maximum absolute atomic E-state index is 12.5. The van der Waals surface area contributed by atoms with E-state index in [0.717, 1.165) is 11.3 Å². The topological polar surface area (TPSA) is 81.9 Å². The zero-order valence-corrected chi connectivity index (χ0v) is 21.7. The Bertz CT molecular complexity index is 1290. The predicted octanol–water partition coefficient (Wildman–Crippen LogP) is 6.69. The van der Waals surface area contributed by atoms with E-state index in [2.05, 4.69) is 20.5 Å². The highest BCUT2D eigenvalue weighted by atomic mass is 35.5. The van der Waals surface area contributed by atoms with E-state index in [9.17, 15) is 4.79 Å². The van der Waals surface area contributed by atoms with Crippen molar-refractivity contribution < 1.29 is 9.53 Å². The summed E-state index contributed by atoms with van der Waals surface area (Å²) < 4.78 is 7.65. The number of aromatic nitrogens is 4. The average molecular weight is 555 g/mol. The quantitative estimate of drug-likeness (QED) is 0.232. The third kappa shape index (κ3) is 6.22. The Morgan fingerprint density at radius 3 is 2.65 bits per heavy atom. The van der Waals surface area contributed by atoms with Crippen molar-refractivity contribution in [2.75, 3.05) is 11.1 Å². The normalized spacial score (nSPS) is 10.9. The summed E-state index contributed by atoms with van der Waals surface area (Å²) in [6, 6.07) is 12.4. The molecule has 2 heterocycles. The number of nitrogens with one attached hydrogen (secondary N) is 1. The molecular weight excluding hydrogens is 537 g/mol. The molecule has 0 aliphatic carbocycles. The van der Waals surface area contributed by atoms with Crippen LogP contribution >= 0.6 is 57.9 Å². The van der Waals surface area contributed by atoms with Gasteiger partial charge >= 0.3 is 0 Å². The van der Waals surface area contributed by atoms with Crippen LogP contribution in [0.2, 0.25) is 15.1 Å². The fourth-order valence-corrected chi connectivity index (χ4v) is 4.97. The molecule has 34 heavy (non-hydrogen) atoms. The summed E-state index contributed by atoms with van der Waals surface area (Å²) in [5.74, 6) is 1.06. The molecule has 0 saturated heterocycles. The number of carbonyl (C=O) groups is 1. The van der Waals surface area contributed by atoms with Crippen LogP contribution in [0, 0.1) is 0 Å². The Balaban J connectivity index is 1.33. The number of rotatable bonds is 9. The van der Waals surface area contributed by atoms with Gasteiger partial charge in [-0.25, -0.2) is 4.98 Å². The minimum atomic E-state index is -0.184. The summed E-state index contributed by atoms with van der Waals surface area (Å²) in [6.45, 7) is 2.76. The Labute approximate surface area is 219 Å². The van der Waals surface area contributed by atoms with Crippen molar-refractivity contribution in [2.24, 2.45) is 0 Å². The molecule has 7 nitrogen and oxygen atoms in total. The Kier molecular flexibility index (Phi) is 8.33. The Morgan fingerprint density at radius 1 is 1.12 bits per heavy atom. The van der Waals surface area contributed by atoms with Gasteiger partial charge in [0.05, 0.1) is 16.5 Å². The van der Waals surface area contributed by atoms with Crippen molar-refractivity contribution in [3.05, 3.63) is 68.7 Å². The molecule has 0 saturated carbocycles. The maximum Gasteiger partial charge on any atom is 0.236 e. The number of hydrogen-bond donors (Lipinski definition) is 1. The van der Waals surface area contributed by atoms with Crippen LogP contribution in [-0.4, -0.2) is 31.4 Å². The van der Waals surface area contributed by atoms with Crippen molar-refractivity contribution in [3.8, 4) is 17.0 Å². The highest BCUT2D eigenvalue weighted by molar-refractivity contribution is 7.99. The molecule has 4 rings (SSSR count). The van der Waals surface area contributed by atoms with E-state index >= 15 is 0 Å². The standard InChI is InChI=1S/C22H18Cl3N5O2S2/c1-2-30-19(10-32-18-9-15(24)7-8-16(18)25)28-29-22(30)34-12-20(31)27-21-26-17(11-33-21)13-3-5-14(23)6-4-13/h3-9,11H,2,10,12H2,1H3,(H,26,27,31). The van der Waals surface area contributed by atoms with Crippen LogP contribution in [0.5, 0.6) is 5.75 Å². The fraction of sp³-hybridized carbons (Fsp3) is 0.182. The summed E-state index contributed by atoms with van der Waals surface area (Å²) in [6.07, 6.45) is 0. The zero-order valence-electron chi connectivity index (χ0n) is 17.8. The van der Waals surface area contributed by atoms with Crippen LogP contribution in [0.3, 0.4) is 0 Å². The van der Waals surface area contributed by atoms with Gasteiger partial charge in [0.15, 0.2) is 16.1 Å². The summed E-state index contributed by atoms with van der Waals surface area (Å²) >= 11 is 20.7. The van der Waals surface area contributed by atoms with Gasteiger partial charge in [0, 0.05) is 33.6 Å². The van der Waals surface area contributed by atoms with Crippen LogP contribution in [0.4, 0.5) is 5.13 Å². The molecule has 12 heteroatoms. The van der Waals surface area contributed by atoms with Crippen molar-refractivity contribution in [1.82, 2.24) is 19.7 Å². The lowest BCUT2D eigenvalue weighted by Gasteiger charge is -2.10. The number of amides is 1. The highest BCUT2D eigenvalue weighted by Crippen LogP contribution is 2.29. The lowest BCUT2D eigenvalue weighted by molar-refractivity contribution is -0.113. The second-order valence-corrected chi connectivity index (χ2v) is 9.97. The Morgan fingerprint density at radius 2 is 1.88 bits per heavy atom. The second-order valence-electron chi connectivity index (χ2n) is 6.89. The van der Waals surface area contributed by atoms with Gasteiger partial charge in [0.25, 0.3) is 0 Å². The molecular formula is C22H18Cl3N5O2S2. The number of thioether (sulfide) groups is 1. The molecule has 0 radical (unpaired) electrons. The van der Waals surface area contributed by atoms with Gasteiger partial charge in [-0.2, -0.15) is 0 Å². The Hall–Kier alpha value is -2.30. The summed E-state index contributed by atoms with van der Waals surface area (Å²) in [5, 5.41) is 15.9. The number of ether oxygens (including phenoxy) is 1. The minimum Gasteiger partial charge on any atom is -0.484 e. The van der Waals surface area contributed by atoms with Gasteiger partial charge in [-0.1, -0.05) is 58.7 Å².